The Hall–Kier alpha value is -1.06. The lowest BCUT2D eigenvalue weighted by Gasteiger charge is -2.48. The van der Waals surface area contributed by atoms with Crippen LogP contribution in [0.3, 0.4) is 0 Å². The molecule has 2 saturated carbocycles. The molecule has 0 spiro atoms. The van der Waals surface area contributed by atoms with E-state index in [2.05, 4.69) is 13.8 Å². The molecule has 0 aromatic rings. The zero-order valence-corrected chi connectivity index (χ0v) is 12.4. The minimum Gasteiger partial charge on any atom is -0.481 e. The van der Waals surface area contributed by atoms with Crippen LogP contribution in [0.5, 0.6) is 0 Å². The van der Waals surface area contributed by atoms with Gasteiger partial charge in [0.2, 0.25) is 0 Å². The molecule has 20 heavy (non-hydrogen) atoms. The van der Waals surface area contributed by atoms with Crippen LogP contribution in [-0.4, -0.2) is 22.2 Å². The Morgan fingerprint density at radius 2 is 1.80 bits per heavy atom. The molecular formula is C16H26O4. The van der Waals surface area contributed by atoms with E-state index in [0.717, 1.165) is 25.7 Å². The molecule has 0 bridgehead atoms. The third kappa shape index (κ3) is 2.84. The number of carbonyl (C=O) groups is 2. The van der Waals surface area contributed by atoms with Crippen molar-refractivity contribution >= 4 is 11.9 Å². The molecule has 0 saturated heterocycles. The smallest absolute Gasteiger partial charge is 0.306 e. The Bertz CT molecular complexity index is 379. The van der Waals surface area contributed by atoms with Crippen molar-refractivity contribution in [3.63, 3.8) is 0 Å². The van der Waals surface area contributed by atoms with Crippen molar-refractivity contribution in [3.8, 4) is 0 Å². The highest BCUT2D eigenvalue weighted by molar-refractivity contribution is 5.71. The normalized spacial score (nSPS) is 40.9. The number of hydrogen-bond acceptors (Lipinski definition) is 2. The summed E-state index contributed by atoms with van der Waals surface area (Å²) in [5.74, 6) is -0.461. The summed E-state index contributed by atoms with van der Waals surface area (Å²) in [6.45, 7) is 4.23. The highest BCUT2D eigenvalue weighted by Gasteiger charge is 2.47. The summed E-state index contributed by atoms with van der Waals surface area (Å²) >= 11 is 0. The number of hydrogen-bond donors (Lipinski definition) is 2. The van der Waals surface area contributed by atoms with E-state index in [1.165, 1.54) is 0 Å². The molecule has 0 heterocycles. The Labute approximate surface area is 120 Å². The Morgan fingerprint density at radius 3 is 2.35 bits per heavy atom. The van der Waals surface area contributed by atoms with Crippen LogP contribution in [0.15, 0.2) is 0 Å². The maximum atomic E-state index is 11.5. The predicted octanol–water partition coefficient (Wildman–Crippen LogP) is 3.26. The molecule has 6 unspecified atom stereocenters. The highest BCUT2D eigenvalue weighted by Crippen LogP contribution is 2.51. The lowest BCUT2D eigenvalue weighted by atomic mass is 9.56. The number of rotatable bonds is 4. The van der Waals surface area contributed by atoms with E-state index in [9.17, 15) is 19.8 Å². The third-order valence-corrected chi connectivity index (χ3v) is 5.75. The topological polar surface area (TPSA) is 74.6 Å². The molecule has 6 atom stereocenters. The van der Waals surface area contributed by atoms with Crippen molar-refractivity contribution in [1.29, 1.82) is 0 Å². The summed E-state index contributed by atoms with van der Waals surface area (Å²) in [6.07, 6.45) is 5.23. The maximum Gasteiger partial charge on any atom is 0.306 e. The molecule has 0 radical (unpaired) electrons. The first-order valence-corrected chi connectivity index (χ1v) is 7.91. The van der Waals surface area contributed by atoms with Crippen molar-refractivity contribution in [2.24, 2.45) is 35.5 Å². The molecule has 2 aliphatic carbocycles. The average Bonchev–Trinajstić information content (AvgIpc) is 2.40. The summed E-state index contributed by atoms with van der Waals surface area (Å²) in [5, 5.41) is 18.7. The molecule has 4 nitrogen and oxygen atoms in total. The molecular weight excluding hydrogens is 256 g/mol. The minimum atomic E-state index is -0.707. The average molecular weight is 282 g/mol. The van der Waals surface area contributed by atoms with Gasteiger partial charge in [0.1, 0.15) is 0 Å². The van der Waals surface area contributed by atoms with Gasteiger partial charge in [0, 0.05) is 0 Å². The van der Waals surface area contributed by atoms with Gasteiger partial charge >= 0.3 is 11.9 Å². The van der Waals surface area contributed by atoms with Gasteiger partial charge in [-0.1, -0.05) is 26.7 Å². The molecule has 2 N–H and O–H groups in total. The lowest BCUT2D eigenvalue weighted by molar-refractivity contribution is -0.151. The molecule has 2 fully saturated rings. The van der Waals surface area contributed by atoms with E-state index >= 15 is 0 Å². The predicted molar refractivity (Wildman–Crippen MR) is 75.3 cm³/mol. The van der Waals surface area contributed by atoms with E-state index in [-0.39, 0.29) is 17.8 Å². The zero-order chi connectivity index (χ0) is 14.9. The zero-order valence-electron chi connectivity index (χ0n) is 12.4. The van der Waals surface area contributed by atoms with Crippen molar-refractivity contribution in [2.75, 3.05) is 0 Å². The summed E-state index contributed by atoms with van der Waals surface area (Å²) in [7, 11) is 0. The van der Waals surface area contributed by atoms with Gasteiger partial charge in [-0.15, -0.1) is 0 Å². The molecule has 0 amide bonds. The molecule has 114 valence electrons. The summed E-state index contributed by atoms with van der Waals surface area (Å²) in [5.41, 5.74) is 0. The Morgan fingerprint density at radius 1 is 1.10 bits per heavy atom. The van der Waals surface area contributed by atoms with Crippen LogP contribution in [0.25, 0.3) is 0 Å². The maximum absolute atomic E-state index is 11.5. The van der Waals surface area contributed by atoms with Crippen LogP contribution in [-0.2, 0) is 9.59 Å². The first-order chi connectivity index (χ1) is 9.45. The van der Waals surface area contributed by atoms with Crippen molar-refractivity contribution in [3.05, 3.63) is 0 Å². The van der Waals surface area contributed by atoms with Crippen molar-refractivity contribution in [2.45, 2.75) is 52.4 Å². The van der Waals surface area contributed by atoms with Crippen LogP contribution in [0.4, 0.5) is 0 Å². The fraction of sp³-hybridized carbons (Fsp3) is 0.875. The summed E-state index contributed by atoms with van der Waals surface area (Å²) in [4.78, 5) is 22.7. The molecule has 0 aromatic heterocycles. The molecule has 0 aromatic carbocycles. The SMILES string of the molecule is CCCC1C(C)C(C(=O)O)CC2CC(C(=O)O)CCC21. The monoisotopic (exact) mass is 282 g/mol. The summed E-state index contributed by atoms with van der Waals surface area (Å²) < 4.78 is 0. The van der Waals surface area contributed by atoms with Crippen LogP contribution in [0.1, 0.15) is 52.4 Å². The van der Waals surface area contributed by atoms with Gasteiger partial charge in [0.15, 0.2) is 0 Å². The van der Waals surface area contributed by atoms with E-state index in [1.807, 2.05) is 0 Å². The standard InChI is InChI=1S/C16H26O4/c1-3-4-12-9(2)14(16(19)20)8-11-7-10(15(17)18)5-6-13(11)12/h9-14H,3-8H2,1-2H3,(H,17,18)(H,19,20). The van der Waals surface area contributed by atoms with E-state index in [0.29, 0.717) is 30.6 Å². The molecule has 2 aliphatic rings. The number of fused-ring (bicyclic) bond motifs is 1. The second-order valence-corrected chi connectivity index (χ2v) is 6.76. The quantitative estimate of drug-likeness (QED) is 0.830. The van der Waals surface area contributed by atoms with Gasteiger partial charge < -0.3 is 10.2 Å². The second kappa shape index (κ2) is 6.15. The molecule has 2 rings (SSSR count). The number of aliphatic carboxylic acids is 2. The van der Waals surface area contributed by atoms with E-state index in [1.54, 1.807) is 0 Å². The van der Waals surface area contributed by atoms with Crippen molar-refractivity contribution in [1.82, 2.24) is 0 Å². The first-order valence-electron chi connectivity index (χ1n) is 7.91. The Balaban J connectivity index is 2.17. The van der Waals surface area contributed by atoms with Crippen LogP contribution in [0, 0.1) is 35.5 Å². The van der Waals surface area contributed by atoms with Crippen molar-refractivity contribution < 1.29 is 19.8 Å². The van der Waals surface area contributed by atoms with Crippen LogP contribution in [0.2, 0.25) is 0 Å². The molecule has 4 heteroatoms. The first kappa shape index (κ1) is 15.3. The fourth-order valence-corrected chi connectivity index (χ4v) is 4.71. The van der Waals surface area contributed by atoms with Gasteiger partial charge in [-0.3, -0.25) is 9.59 Å². The number of carboxylic acid groups (broad SMARTS) is 2. The fourth-order valence-electron chi connectivity index (χ4n) is 4.71. The minimum absolute atomic E-state index is 0.218. The highest BCUT2D eigenvalue weighted by atomic mass is 16.4. The van der Waals surface area contributed by atoms with Gasteiger partial charge in [-0.05, 0) is 49.4 Å². The lowest BCUT2D eigenvalue weighted by Crippen LogP contribution is -2.45. The summed E-state index contributed by atoms with van der Waals surface area (Å²) in [6, 6.07) is 0. The van der Waals surface area contributed by atoms with Gasteiger partial charge in [-0.25, -0.2) is 0 Å². The largest absolute Gasteiger partial charge is 0.481 e. The van der Waals surface area contributed by atoms with Gasteiger partial charge in [0.25, 0.3) is 0 Å². The second-order valence-electron chi connectivity index (χ2n) is 6.76. The Kier molecular flexibility index (Phi) is 4.71. The van der Waals surface area contributed by atoms with E-state index < -0.39 is 11.9 Å². The van der Waals surface area contributed by atoms with Gasteiger partial charge in [0.05, 0.1) is 11.8 Å². The third-order valence-electron chi connectivity index (χ3n) is 5.75. The van der Waals surface area contributed by atoms with Gasteiger partial charge in [-0.2, -0.15) is 0 Å². The molecule has 0 aliphatic heterocycles. The van der Waals surface area contributed by atoms with E-state index in [4.69, 9.17) is 0 Å². The van der Waals surface area contributed by atoms with Crippen LogP contribution >= 0.6 is 0 Å². The van der Waals surface area contributed by atoms with Crippen LogP contribution < -0.4 is 0 Å². The number of carboxylic acids is 2.